The van der Waals surface area contributed by atoms with Gasteiger partial charge in [-0.15, -0.1) is 0 Å². The Morgan fingerprint density at radius 2 is 1.16 bits per heavy atom. The van der Waals surface area contributed by atoms with Gasteiger partial charge in [-0.2, -0.15) is 0 Å². The molecule has 0 bridgehead atoms. The number of fused-ring (bicyclic) bond motifs is 4. The molecule has 45 heavy (non-hydrogen) atoms. The Labute approximate surface area is 274 Å². The maximum Gasteiger partial charge on any atom is 0.143 e. The Balaban J connectivity index is 1.63. The van der Waals surface area contributed by atoms with Gasteiger partial charge in [0.15, 0.2) is 0 Å². The highest BCUT2D eigenvalue weighted by Crippen LogP contribution is 2.48. The zero-order chi connectivity index (χ0) is 37.0. The van der Waals surface area contributed by atoms with Crippen LogP contribution in [0.25, 0.3) is 89.3 Å². The minimum absolute atomic E-state index is 0.102. The Hall–Kier alpha value is -5.92. The maximum absolute atomic E-state index is 9.44. The van der Waals surface area contributed by atoms with E-state index >= 15 is 0 Å². The van der Waals surface area contributed by atoms with E-state index in [4.69, 9.17) is 9.90 Å². The molecule has 0 unspecified atom stereocenters. The monoisotopic (exact) mass is 582 g/mol. The summed E-state index contributed by atoms with van der Waals surface area (Å²) in [6.07, 6.45) is 0. The summed E-state index contributed by atoms with van der Waals surface area (Å²) in [7, 11) is 0. The third-order valence-electron chi connectivity index (χ3n) is 8.36. The van der Waals surface area contributed by atoms with E-state index in [2.05, 4.69) is 0 Å². The summed E-state index contributed by atoms with van der Waals surface area (Å²) < 4.78 is 78.3. The molecule has 0 saturated heterocycles. The molecular formula is C44H30O. The van der Waals surface area contributed by atoms with Crippen LogP contribution < -0.4 is 0 Å². The third-order valence-corrected chi connectivity index (χ3v) is 8.36. The molecule has 0 N–H and O–H groups in total. The number of hydrogen-bond donors (Lipinski definition) is 0. The van der Waals surface area contributed by atoms with Crippen LogP contribution in [0.4, 0.5) is 0 Å². The molecular weight excluding hydrogens is 544 g/mol. The van der Waals surface area contributed by atoms with E-state index < -0.39 is 12.1 Å². The van der Waals surface area contributed by atoms with Crippen molar-refractivity contribution in [1.29, 1.82) is 0 Å². The Morgan fingerprint density at radius 3 is 1.91 bits per heavy atom. The number of benzene rings is 7. The van der Waals surface area contributed by atoms with Gasteiger partial charge in [0.2, 0.25) is 0 Å². The largest absolute Gasteiger partial charge is 0.455 e. The Morgan fingerprint density at radius 1 is 0.556 bits per heavy atom. The molecule has 0 saturated carbocycles. The van der Waals surface area contributed by atoms with Crippen molar-refractivity contribution in [3.63, 3.8) is 0 Å². The molecule has 8 aromatic rings. The summed E-state index contributed by atoms with van der Waals surface area (Å²) in [5.74, 6) is 0. The predicted octanol–water partition coefficient (Wildman–Crippen LogP) is 12.7. The van der Waals surface area contributed by atoms with E-state index in [9.17, 15) is 5.48 Å². The predicted molar refractivity (Wildman–Crippen MR) is 193 cm³/mol. The quantitative estimate of drug-likeness (QED) is 0.190. The molecule has 1 heterocycles. The van der Waals surface area contributed by atoms with E-state index in [0.717, 1.165) is 40.8 Å². The first-order valence-electron chi connectivity index (χ1n) is 18.8. The van der Waals surface area contributed by atoms with Gasteiger partial charge in [-0.3, -0.25) is 0 Å². The van der Waals surface area contributed by atoms with Crippen LogP contribution in [0.3, 0.4) is 0 Å². The van der Waals surface area contributed by atoms with E-state index in [1.54, 1.807) is 6.07 Å². The summed E-state index contributed by atoms with van der Waals surface area (Å²) in [6, 6.07) is 36.1. The van der Waals surface area contributed by atoms with Crippen molar-refractivity contribution in [1.82, 2.24) is 0 Å². The molecule has 1 nitrogen and oxygen atoms in total. The summed E-state index contributed by atoms with van der Waals surface area (Å²) in [4.78, 5) is 0. The zero-order valence-corrected chi connectivity index (χ0v) is 24.1. The molecule has 0 aliphatic carbocycles. The summed E-state index contributed by atoms with van der Waals surface area (Å²) in [6.45, 7) is 1.73. The topological polar surface area (TPSA) is 13.1 Å². The van der Waals surface area contributed by atoms with Crippen molar-refractivity contribution >= 4 is 44.8 Å². The number of para-hydroxylation sites is 1. The normalized spacial score (nSPS) is 14.8. The summed E-state index contributed by atoms with van der Waals surface area (Å²) >= 11 is 0. The minimum atomic E-state index is -0.454. The first-order valence-corrected chi connectivity index (χ1v) is 14.6. The average Bonchev–Trinajstić information content (AvgIpc) is 3.61. The van der Waals surface area contributed by atoms with Gasteiger partial charge in [-0.25, -0.2) is 0 Å². The van der Waals surface area contributed by atoms with Crippen molar-refractivity contribution in [2.45, 2.75) is 0 Å². The van der Waals surface area contributed by atoms with E-state index in [1.165, 1.54) is 0 Å². The number of hydrogen-bond acceptors (Lipinski definition) is 1. The van der Waals surface area contributed by atoms with Crippen molar-refractivity contribution in [2.24, 2.45) is 0 Å². The van der Waals surface area contributed by atoms with Crippen molar-refractivity contribution in [2.75, 3.05) is 0 Å². The standard InChI is InChI=1S/C44H30O/c1-3-33-34(4-2)42(37-23-12-11-22-36(37)41(33)32-21-15-20-31(28-32)29-16-7-5-8-17-29)39-27-26-35(30-18-9-6-10-19-30)44-43(39)38-24-13-14-25-40(38)45-44/h3-28H,1-2H2/i1D,2D,3D,4D,11D,12D,22D,23D. The fourth-order valence-corrected chi connectivity index (χ4v) is 6.40. The van der Waals surface area contributed by atoms with Gasteiger partial charge in [-0.05, 0) is 79.0 Å². The van der Waals surface area contributed by atoms with Crippen LogP contribution in [0.5, 0.6) is 0 Å². The molecule has 0 atom stereocenters. The second-order valence-electron chi connectivity index (χ2n) is 10.8. The van der Waals surface area contributed by atoms with Gasteiger partial charge in [0.05, 0.1) is 11.0 Å². The molecule has 8 rings (SSSR count). The number of rotatable bonds is 6. The van der Waals surface area contributed by atoms with Crippen molar-refractivity contribution in [3.05, 3.63) is 170 Å². The van der Waals surface area contributed by atoms with Crippen LogP contribution in [-0.4, -0.2) is 0 Å². The van der Waals surface area contributed by atoms with E-state index in [0.29, 0.717) is 27.7 Å². The lowest BCUT2D eigenvalue weighted by Crippen LogP contribution is -1.97. The fraction of sp³-hybridized carbons (Fsp3) is 0. The lowest BCUT2D eigenvalue weighted by Gasteiger charge is -2.21. The van der Waals surface area contributed by atoms with Crippen LogP contribution >= 0.6 is 0 Å². The maximum atomic E-state index is 9.44. The lowest BCUT2D eigenvalue weighted by molar-refractivity contribution is 0.670. The fourth-order valence-electron chi connectivity index (χ4n) is 6.40. The first-order chi connectivity index (χ1) is 25.7. The summed E-state index contributed by atoms with van der Waals surface area (Å²) in [5, 5.41) is 1.69. The minimum Gasteiger partial charge on any atom is -0.455 e. The molecule has 1 heteroatoms. The smallest absolute Gasteiger partial charge is 0.143 e. The molecule has 0 fully saturated rings. The highest BCUT2D eigenvalue weighted by molar-refractivity contribution is 6.21. The lowest BCUT2D eigenvalue weighted by atomic mass is 9.82. The van der Waals surface area contributed by atoms with Gasteiger partial charge < -0.3 is 4.42 Å². The van der Waals surface area contributed by atoms with Crippen LogP contribution in [0.1, 0.15) is 22.1 Å². The molecule has 0 spiro atoms. The first kappa shape index (κ1) is 19.4. The number of furan rings is 1. The van der Waals surface area contributed by atoms with Crippen molar-refractivity contribution in [3.8, 4) is 44.5 Å². The zero-order valence-electron chi connectivity index (χ0n) is 32.1. The molecule has 0 aliphatic heterocycles. The average molecular weight is 583 g/mol. The summed E-state index contributed by atoms with van der Waals surface area (Å²) in [5.41, 5.74) is 6.38. The molecule has 0 aliphatic rings. The molecule has 212 valence electrons. The van der Waals surface area contributed by atoms with Crippen molar-refractivity contribution < 1.29 is 15.4 Å². The van der Waals surface area contributed by atoms with Gasteiger partial charge in [0, 0.05) is 16.3 Å². The molecule has 0 radical (unpaired) electrons. The van der Waals surface area contributed by atoms with Crippen LogP contribution in [-0.2, 0) is 0 Å². The SMILES string of the molecule is [2H]C=C([2H])c1c(C([2H])=C[2H])c(-c2ccc(-c3ccccc3)c3oc4ccccc4c23)c2c([2H])c([2H])c([2H])c([2H])c2c1-c1cccc(-c2ccccc2)c1. The molecule has 0 amide bonds. The van der Waals surface area contributed by atoms with Gasteiger partial charge in [0.25, 0.3) is 0 Å². The van der Waals surface area contributed by atoms with E-state index in [-0.39, 0.29) is 57.2 Å². The van der Waals surface area contributed by atoms with Crippen LogP contribution in [0.2, 0.25) is 0 Å². The van der Waals surface area contributed by atoms with Crippen LogP contribution in [0, 0.1) is 0 Å². The molecule has 7 aromatic carbocycles. The van der Waals surface area contributed by atoms with Gasteiger partial charge in [-0.1, -0.05) is 153 Å². The molecule has 1 aromatic heterocycles. The Bertz CT molecular complexity index is 2800. The van der Waals surface area contributed by atoms with Crippen LogP contribution in [0.15, 0.2) is 163 Å². The second kappa shape index (κ2) is 11.0. The highest BCUT2D eigenvalue weighted by Gasteiger charge is 2.23. The highest BCUT2D eigenvalue weighted by atomic mass is 16.3. The Kier molecular flexibility index (Phi) is 4.72. The van der Waals surface area contributed by atoms with E-state index in [1.807, 2.05) is 115 Å². The van der Waals surface area contributed by atoms with Gasteiger partial charge in [0.1, 0.15) is 11.2 Å². The van der Waals surface area contributed by atoms with Gasteiger partial charge >= 0.3 is 0 Å². The third kappa shape index (κ3) is 4.32. The second-order valence-corrected chi connectivity index (χ2v) is 10.8.